The van der Waals surface area contributed by atoms with Crippen LogP contribution in [0.15, 0.2) is 30.6 Å². The van der Waals surface area contributed by atoms with Crippen LogP contribution >= 0.6 is 11.8 Å². The smallest absolute Gasteiger partial charge is 0.195 e. The monoisotopic (exact) mass is 336 g/mol. The molecule has 0 bridgehead atoms. The third kappa shape index (κ3) is 12.3. The van der Waals surface area contributed by atoms with Crippen molar-refractivity contribution in [2.75, 3.05) is 5.75 Å². The van der Waals surface area contributed by atoms with Crippen LogP contribution in [-0.2, 0) is 11.3 Å². The topological polar surface area (TPSA) is 20.9 Å². The predicted molar refractivity (Wildman–Crippen MR) is 101 cm³/mol. The van der Waals surface area contributed by atoms with Crippen LogP contribution in [0, 0.1) is 0 Å². The molecule has 2 nitrogen and oxygen atoms in total. The molecule has 0 amide bonds. The van der Waals surface area contributed by atoms with Crippen LogP contribution in [0.2, 0.25) is 0 Å². The Bertz CT molecular complexity index is 394. The highest BCUT2D eigenvalue weighted by Gasteiger charge is 2.06. The van der Waals surface area contributed by atoms with Gasteiger partial charge in [-0.05, 0) is 6.42 Å². The third-order valence-electron chi connectivity index (χ3n) is 4.11. The quantitative estimate of drug-likeness (QED) is 0.328. The molecule has 1 heterocycles. The van der Waals surface area contributed by atoms with Crippen LogP contribution in [0.5, 0.6) is 0 Å². The van der Waals surface area contributed by atoms with Crippen molar-refractivity contribution in [3.05, 3.63) is 30.6 Å². The summed E-state index contributed by atoms with van der Waals surface area (Å²) in [7, 11) is 0. The number of hydrogen-bond acceptors (Lipinski definition) is 2. The van der Waals surface area contributed by atoms with E-state index in [-0.39, 0.29) is 0 Å². The molecule has 0 aliphatic rings. The van der Waals surface area contributed by atoms with Gasteiger partial charge in [0.15, 0.2) is 24.1 Å². The summed E-state index contributed by atoms with van der Waals surface area (Å²) in [4.78, 5) is 11.8. The summed E-state index contributed by atoms with van der Waals surface area (Å²) >= 11 is 1.52. The maximum Gasteiger partial charge on any atom is 0.195 e. The lowest BCUT2D eigenvalue weighted by Gasteiger charge is -2.02. The van der Waals surface area contributed by atoms with Gasteiger partial charge in [0.05, 0.1) is 6.42 Å². The van der Waals surface area contributed by atoms with Gasteiger partial charge in [-0.3, -0.25) is 4.79 Å². The minimum absolute atomic E-state index is 0.331. The minimum atomic E-state index is 0.331. The van der Waals surface area contributed by atoms with E-state index in [0.29, 0.717) is 11.5 Å². The fourth-order valence-corrected chi connectivity index (χ4v) is 3.46. The number of carbonyl (C=O) groups is 1. The Labute approximate surface area is 147 Å². The number of pyridine rings is 1. The van der Waals surface area contributed by atoms with Crippen molar-refractivity contribution < 1.29 is 9.36 Å². The second-order valence-electron chi connectivity index (χ2n) is 6.27. The Morgan fingerprint density at radius 1 is 0.826 bits per heavy atom. The Morgan fingerprint density at radius 2 is 1.39 bits per heavy atom. The van der Waals surface area contributed by atoms with E-state index in [1.54, 1.807) is 0 Å². The molecule has 0 unspecified atom stereocenters. The van der Waals surface area contributed by atoms with E-state index in [0.717, 1.165) is 12.3 Å². The highest BCUT2D eigenvalue weighted by atomic mass is 32.2. The predicted octanol–water partition coefficient (Wildman–Crippen LogP) is 5.54. The molecule has 0 saturated carbocycles. The summed E-state index contributed by atoms with van der Waals surface area (Å²) in [5, 5.41) is 0.331. The summed E-state index contributed by atoms with van der Waals surface area (Å²) in [6.07, 6.45) is 18.2. The molecule has 0 aromatic carbocycles. The fourth-order valence-electron chi connectivity index (χ4n) is 2.65. The molecule has 0 saturated heterocycles. The third-order valence-corrected chi connectivity index (χ3v) is 5.13. The molecular weight excluding hydrogens is 302 g/mol. The van der Waals surface area contributed by atoms with Crippen molar-refractivity contribution in [1.29, 1.82) is 0 Å². The Morgan fingerprint density at radius 3 is 2.00 bits per heavy atom. The van der Waals surface area contributed by atoms with E-state index in [4.69, 9.17) is 0 Å². The fraction of sp³-hybridized carbons (Fsp3) is 0.700. The molecule has 0 atom stereocenters. The van der Waals surface area contributed by atoms with Crippen LogP contribution in [-0.4, -0.2) is 10.9 Å². The van der Waals surface area contributed by atoms with Gasteiger partial charge in [-0.1, -0.05) is 82.5 Å². The molecule has 1 aromatic heterocycles. The molecular formula is C20H34NOS+. The Kier molecular flexibility index (Phi) is 13.0. The summed E-state index contributed by atoms with van der Waals surface area (Å²) in [5.41, 5.74) is 0. The van der Waals surface area contributed by atoms with E-state index in [1.807, 2.05) is 30.6 Å². The van der Waals surface area contributed by atoms with Gasteiger partial charge < -0.3 is 0 Å². The second kappa shape index (κ2) is 14.7. The summed E-state index contributed by atoms with van der Waals surface area (Å²) < 4.78 is 2.07. The number of carbonyl (C=O) groups excluding carboxylic acids is 1. The molecule has 1 aromatic rings. The zero-order valence-corrected chi connectivity index (χ0v) is 15.7. The first-order chi connectivity index (χ1) is 11.3. The van der Waals surface area contributed by atoms with Crippen molar-refractivity contribution in [3.8, 4) is 0 Å². The molecule has 0 aliphatic heterocycles. The highest BCUT2D eigenvalue weighted by molar-refractivity contribution is 8.13. The number of aryl methyl sites for hydroxylation is 1. The zero-order valence-electron chi connectivity index (χ0n) is 14.8. The average Bonchev–Trinajstić information content (AvgIpc) is 2.59. The van der Waals surface area contributed by atoms with Crippen molar-refractivity contribution in [1.82, 2.24) is 0 Å². The summed E-state index contributed by atoms with van der Waals surface area (Å²) in [5.74, 6) is 0.995. The SMILES string of the molecule is CCCCCCCCCCCCSC(=O)CC[n+]1ccccc1. The van der Waals surface area contributed by atoms with Gasteiger partial charge >= 0.3 is 0 Å². The molecule has 130 valence electrons. The minimum Gasteiger partial charge on any atom is -0.287 e. The van der Waals surface area contributed by atoms with Gasteiger partial charge in [0.1, 0.15) is 0 Å². The molecule has 0 fully saturated rings. The first-order valence-electron chi connectivity index (χ1n) is 9.42. The maximum absolute atomic E-state index is 11.8. The largest absolute Gasteiger partial charge is 0.287 e. The Hall–Kier alpha value is -0.830. The molecule has 0 aliphatic carbocycles. The van der Waals surface area contributed by atoms with Crippen LogP contribution in [0.25, 0.3) is 0 Å². The number of unbranched alkanes of at least 4 members (excludes halogenated alkanes) is 9. The van der Waals surface area contributed by atoms with Gasteiger partial charge in [0, 0.05) is 17.9 Å². The average molecular weight is 337 g/mol. The van der Waals surface area contributed by atoms with Crippen molar-refractivity contribution in [3.63, 3.8) is 0 Å². The van der Waals surface area contributed by atoms with Crippen LogP contribution in [0.1, 0.15) is 77.6 Å². The van der Waals surface area contributed by atoms with Gasteiger partial charge in [-0.15, -0.1) is 0 Å². The Balaban J connectivity index is 1.84. The van der Waals surface area contributed by atoms with Crippen LogP contribution in [0.3, 0.4) is 0 Å². The lowest BCUT2D eigenvalue weighted by Crippen LogP contribution is -2.33. The standard InChI is InChI=1S/C20H34NOS/c1-2-3-4-5-6-7-8-9-10-14-19-23-20(22)15-18-21-16-12-11-13-17-21/h11-13,16-17H,2-10,14-15,18-19H2,1H3/q+1. The summed E-state index contributed by atoms with van der Waals surface area (Å²) in [6.45, 7) is 3.06. The maximum atomic E-state index is 11.8. The number of rotatable bonds is 14. The van der Waals surface area contributed by atoms with E-state index < -0.39 is 0 Å². The molecule has 3 heteroatoms. The van der Waals surface area contributed by atoms with Crippen molar-refractivity contribution in [2.24, 2.45) is 0 Å². The van der Waals surface area contributed by atoms with Gasteiger partial charge in [0.25, 0.3) is 0 Å². The molecule has 23 heavy (non-hydrogen) atoms. The molecule has 0 spiro atoms. The number of thioether (sulfide) groups is 1. The van der Waals surface area contributed by atoms with Crippen molar-refractivity contribution in [2.45, 2.75) is 84.1 Å². The molecule has 1 rings (SSSR count). The lowest BCUT2D eigenvalue weighted by atomic mass is 10.1. The first kappa shape index (κ1) is 20.2. The van der Waals surface area contributed by atoms with Gasteiger partial charge in [0.2, 0.25) is 0 Å². The number of nitrogens with zero attached hydrogens (tertiary/aromatic N) is 1. The van der Waals surface area contributed by atoms with Crippen LogP contribution in [0.4, 0.5) is 0 Å². The van der Waals surface area contributed by atoms with Crippen LogP contribution < -0.4 is 4.57 Å². The number of aromatic nitrogens is 1. The number of hydrogen-bond donors (Lipinski definition) is 0. The van der Waals surface area contributed by atoms with Gasteiger partial charge in [-0.25, -0.2) is 4.57 Å². The molecule has 0 radical (unpaired) electrons. The van der Waals surface area contributed by atoms with E-state index in [1.165, 1.54) is 76.0 Å². The normalized spacial score (nSPS) is 10.8. The zero-order chi connectivity index (χ0) is 16.6. The highest BCUT2D eigenvalue weighted by Crippen LogP contribution is 2.13. The van der Waals surface area contributed by atoms with Gasteiger partial charge in [-0.2, -0.15) is 0 Å². The second-order valence-corrected chi connectivity index (χ2v) is 7.42. The first-order valence-corrected chi connectivity index (χ1v) is 10.4. The molecule has 0 N–H and O–H groups in total. The van der Waals surface area contributed by atoms with E-state index >= 15 is 0 Å². The van der Waals surface area contributed by atoms with E-state index in [9.17, 15) is 4.79 Å². The lowest BCUT2D eigenvalue weighted by molar-refractivity contribution is -0.695. The van der Waals surface area contributed by atoms with Crippen molar-refractivity contribution >= 4 is 16.9 Å². The summed E-state index contributed by atoms with van der Waals surface area (Å²) in [6, 6.07) is 6.00. The van der Waals surface area contributed by atoms with E-state index in [2.05, 4.69) is 11.5 Å².